The lowest BCUT2D eigenvalue weighted by molar-refractivity contribution is 0.273. The number of fused-ring (bicyclic) bond motifs is 1. The van der Waals surface area contributed by atoms with Gasteiger partial charge in [0.15, 0.2) is 0 Å². The molecule has 1 aliphatic heterocycles. The molecule has 0 spiro atoms. The molecule has 2 heterocycles. The largest absolute Gasteiger partial charge is 0.361 e. The van der Waals surface area contributed by atoms with Crippen LogP contribution < -0.4 is 0 Å². The molecule has 0 atom stereocenters. The van der Waals surface area contributed by atoms with Crippen molar-refractivity contribution in [1.29, 1.82) is 0 Å². The van der Waals surface area contributed by atoms with Gasteiger partial charge in [0.1, 0.15) is 0 Å². The zero-order chi connectivity index (χ0) is 18.7. The Morgan fingerprint density at radius 3 is 2.44 bits per heavy atom. The number of H-pyrrole nitrogens is 1. The molecule has 0 unspecified atom stereocenters. The van der Waals surface area contributed by atoms with Gasteiger partial charge >= 0.3 is 0 Å². The van der Waals surface area contributed by atoms with Crippen LogP contribution in [0.3, 0.4) is 0 Å². The second kappa shape index (κ2) is 7.87. The van der Waals surface area contributed by atoms with E-state index in [0.29, 0.717) is 25.4 Å². The van der Waals surface area contributed by atoms with Crippen molar-refractivity contribution in [2.75, 3.05) is 18.8 Å². The Kier molecular flexibility index (Phi) is 5.32. The van der Waals surface area contributed by atoms with Crippen molar-refractivity contribution in [3.63, 3.8) is 0 Å². The van der Waals surface area contributed by atoms with Crippen molar-refractivity contribution in [2.45, 2.75) is 25.7 Å². The highest BCUT2D eigenvalue weighted by Gasteiger charge is 2.28. The lowest BCUT2D eigenvalue weighted by atomic mass is 9.91. The smallest absolute Gasteiger partial charge is 0.214 e. The fraction of sp³-hybridized carbons (Fsp3) is 0.364. The van der Waals surface area contributed by atoms with Gasteiger partial charge in [-0.15, -0.1) is 0 Å². The molecule has 0 radical (unpaired) electrons. The molecule has 0 aliphatic carbocycles. The highest BCUT2D eigenvalue weighted by atomic mass is 32.2. The minimum absolute atomic E-state index is 0.199. The molecule has 4 nitrogen and oxygen atoms in total. The van der Waals surface area contributed by atoms with Gasteiger partial charge in [0.25, 0.3) is 0 Å². The molecule has 0 amide bonds. The Bertz CT molecular complexity index is 987. The molecule has 1 aliphatic rings. The first-order valence-corrected chi connectivity index (χ1v) is 11.3. The highest BCUT2D eigenvalue weighted by molar-refractivity contribution is 7.89. The van der Waals surface area contributed by atoms with Crippen molar-refractivity contribution in [1.82, 2.24) is 9.29 Å². The van der Waals surface area contributed by atoms with Gasteiger partial charge < -0.3 is 4.98 Å². The van der Waals surface area contributed by atoms with Crippen molar-refractivity contribution >= 4 is 20.9 Å². The van der Waals surface area contributed by atoms with Crippen LogP contribution in [-0.2, 0) is 22.9 Å². The molecule has 1 N–H and O–H groups in total. The van der Waals surface area contributed by atoms with Gasteiger partial charge in [-0.1, -0.05) is 48.5 Å². The number of sulfonamides is 1. The van der Waals surface area contributed by atoms with E-state index in [0.717, 1.165) is 24.8 Å². The Morgan fingerprint density at radius 1 is 0.963 bits per heavy atom. The Morgan fingerprint density at radius 2 is 1.67 bits per heavy atom. The zero-order valence-corrected chi connectivity index (χ0v) is 16.3. The predicted octanol–water partition coefficient (Wildman–Crippen LogP) is 3.99. The average molecular weight is 383 g/mol. The molecule has 0 bridgehead atoms. The summed E-state index contributed by atoms with van der Waals surface area (Å²) < 4.78 is 27.1. The Hall–Kier alpha value is -2.11. The summed E-state index contributed by atoms with van der Waals surface area (Å²) in [6.45, 7) is 1.29. The summed E-state index contributed by atoms with van der Waals surface area (Å²) >= 11 is 0. The first-order chi connectivity index (χ1) is 13.1. The summed E-state index contributed by atoms with van der Waals surface area (Å²) in [7, 11) is -3.17. The van der Waals surface area contributed by atoms with Gasteiger partial charge in [0, 0.05) is 30.2 Å². The summed E-state index contributed by atoms with van der Waals surface area (Å²) in [6, 6.07) is 18.2. The van der Waals surface area contributed by atoms with Crippen LogP contribution in [-0.4, -0.2) is 36.5 Å². The topological polar surface area (TPSA) is 53.2 Å². The van der Waals surface area contributed by atoms with Gasteiger partial charge in [-0.3, -0.25) is 0 Å². The van der Waals surface area contributed by atoms with Gasteiger partial charge in [-0.2, -0.15) is 0 Å². The first kappa shape index (κ1) is 18.3. The SMILES string of the molecule is O=S(=O)(CCc1ccccc1)N1CCC(Cc2c[nH]c3ccccc23)CC1. The number of aryl methyl sites for hydroxylation is 1. The van der Waals surface area contributed by atoms with E-state index in [1.807, 2.05) is 36.4 Å². The van der Waals surface area contributed by atoms with E-state index in [-0.39, 0.29) is 5.75 Å². The first-order valence-electron chi connectivity index (χ1n) is 9.68. The predicted molar refractivity (Wildman–Crippen MR) is 110 cm³/mol. The number of nitrogens with zero attached hydrogens (tertiary/aromatic N) is 1. The third-order valence-corrected chi connectivity index (χ3v) is 7.51. The van der Waals surface area contributed by atoms with Crippen LogP contribution in [0.2, 0.25) is 0 Å². The Balaban J connectivity index is 1.33. The van der Waals surface area contributed by atoms with E-state index in [1.165, 1.54) is 16.5 Å². The van der Waals surface area contributed by atoms with Gasteiger partial charge in [-0.05, 0) is 48.8 Å². The normalized spacial score (nSPS) is 16.7. The maximum Gasteiger partial charge on any atom is 0.214 e. The minimum Gasteiger partial charge on any atom is -0.361 e. The molecule has 0 saturated carbocycles. The van der Waals surface area contributed by atoms with E-state index in [2.05, 4.69) is 29.4 Å². The lowest BCUT2D eigenvalue weighted by Gasteiger charge is -2.31. The third-order valence-electron chi connectivity index (χ3n) is 5.64. The highest BCUT2D eigenvalue weighted by Crippen LogP contribution is 2.27. The summed E-state index contributed by atoms with van der Waals surface area (Å²) in [6.07, 6.45) is 5.57. The van der Waals surface area contributed by atoms with Crippen LogP contribution >= 0.6 is 0 Å². The maximum absolute atomic E-state index is 12.7. The number of aromatic amines is 1. The number of para-hydroxylation sites is 1. The van der Waals surface area contributed by atoms with Crippen LogP contribution in [0.15, 0.2) is 60.8 Å². The van der Waals surface area contributed by atoms with Crippen LogP contribution in [0.5, 0.6) is 0 Å². The molecular weight excluding hydrogens is 356 g/mol. The van der Waals surface area contributed by atoms with Crippen molar-refractivity contribution in [2.24, 2.45) is 5.92 Å². The molecule has 1 aromatic heterocycles. The number of hydrogen-bond donors (Lipinski definition) is 1. The van der Waals surface area contributed by atoms with Crippen molar-refractivity contribution in [3.05, 3.63) is 71.9 Å². The summed E-state index contributed by atoms with van der Waals surface area (Å²) in [5.41, 5.74) is 3.60. The molecule has 27 heavy (non-hydrogen) atoms. The van der Waals surface area contributed by atoms with Crippen molar-refractivity contribution < 1.29 is 8.42 Å². The zero-order valence-electron chi connectivity index (χ0n) is 15.5. The monoisotopic (exact) mass is 382 g/mol. The molecular formula is C22H26N2O2S. The molecule has 4 rings (SSSR count). The maximum atomic E-state index is 12.7. The Labute approximate surface area is 161 Å². The van der Waals surface area contributed by atoms with Crippen molar-refractivity contribution in [3.8, 4) is 0 Å². The second-order valence-corrected chi connectivity index (χ2v) is 9.55. The quantitative estimate of drug-likeness (QED) is 0.701. The number of benzene rings is 2. The van der Waals surface area contributed by atoms with Gasteiger partial charge in [-0.25, -0.2) is 12.7 Å². The minimum atomic E-state index is -3.17. The number of hydrogen-bond acceptors (Lipinski definition) is 2. The van der Waals surface area contributed by atoms with E-state index in [1.54, 1.807) is 4.31 Å². The lowest BCUT2D eigenvalue weighted by Crippen LogP contribution is -2.40. The number of rotatable bonds is 6. The third kappa shape index (κ3) is 4.25. The number of piperidine rings is 1. The second-order valence-electron chi connectivity index (χ2n) is 7.46. The number of aromatic nitrogens is 1. The molecule has 5 heteroatoms. The van der Waals surface area contributed by atoms with E-state index < -0.39 is 10.0 Å². The molecule has 2 aromatic carbocycles. The van der Waals surface area contributed by atoms with E-state index >= 15 is 0 Å². The van der Waals surface area contributed by atoms with Gasteiger partial charge in [0.05, 0.1) is 5.75 Å². The average Bonchev–Trinajstić information content (AvgIpc) is 3.11. The number of nitrogens with one attached hydrogen (secondary N) is 1. The fourth-order valence-electron chi connectivity index (χ4n) is 4.02. The van der Waals surface area contributed by atoms with Crippen LogP contribution in [0.25, 0.3) is 10.9 Å². The molecule has 3 aromatic rings. The summed E-state index contributed by atoms with van der Waals surface area (Å²) in [5, 5.41) is 1.29. The van der Waals surface area contributed by atoms with Gasteiger partial charge in [0.2, 0.25) is 10.0 Å². The molecule has 142 valence electrons. The molecule has 1 fully saturated rings. The standard InChI is InChI=1S/C22H26N2O2S/c25-27(26,15-12-18-6-2-1-3-7-18)24-13-10-19(11-14-24)16-20-17-23-22-9-5-4-8-21(20)22/h1-9,17,19,23H,10-16H2. The van der Waals surface area contributed by atoms with Crippen LogP contribution in [0, 0.1) is 5.92 Å². The summed E-state index contributed by atoms with van der Waals surface area (Å²) in [5.74, 6) is 0.745. The van der Waals surface area contributed by atoms with Crippen LogP contribution in [0.4, 0.5) is 0 Å². The summed E-state index contributed by atoms with van der Waals surface area (Å²) in [4.78, 5) is 3.34. The van der Waals surface area contributed by atoms with E-state index in [9.17, 15) is 8.42 Å². The molecule has 1 saturated heterocycles. The fourth-order valence-corrected chi connectivity index (χ4v) is 5.54. The van der Waals surface area contributed by atoms with E-state index in [4.69, 9.17) is 0 Å². The van der Waals surface area contributed by atoms with Crippen LogP contribution in [0.1, 0.15) is 24.0 Å².